The van der Waals surface area contributed by atoms with Crippen molar-refractivity contribution >= 4 is 5.69 Å². The summed E-state index contributed by atoms with van der Waals surface area (Å²) < 4.78 is 0. The summed E-state index contributed by atoms with van der Waals surface area (Å²) in [6.07, 6.45) is 11.3. The van der Waals surface area contributed by atoms with Crippen LogP contribution in [0.5, 0.6) is 0 Å². The average Bonchev–Trinajstić information content (AvgIpc) is 2.48. The van der Waals surface area contributed by atoms with Crippen LogP contribution >= 0.6 is 0 Å². The van der Waals surface area contributed by atoms with Crippen molar-refractivity contribution in [3.8, 4) is 0 Å². The molecule has 2 saturated carbocycles. The van der Waals surface area contributed by atoms with Gasteiger partial charge in [0, 0.05) is 11.7 Å². The highest BCUT2D eigenvalue weighted by Crippen LogP contribution is 2.41. The molecule has 0 saturated heterocycles. The summed E-state index contributed by atoms with van der Waals surface area (Å²) in [5, 5.41) is 3.77. The second kappa shape index (κ2) is 5.98. The zero-order valence-corrected chi connectivity index (χ0v) is 12.2. The Balaban J connectivity index is 1.57. The number of hydrogen-bond acceptors (Lipinski definition) is 1. The summed E-state index contributed by atoms with van der Waals surface area (Å²) in [6, 6.07) is 9.74. The van der Waals surface area contributed by atoms with Gasteiger partial charge in [-0.05, 0) is 55.2 Å². The molecule has 1 nitrogen and oxygen atoms in total. The highest BCUT2D eigenvalue weighted by atomic mass is 14.9. The van der Waals surface area contributed by atoms with E-state index in [9.17, 15) is 0 Å². The van der Waals surface area contributed by atoms with E-state index in [-0.39, 0.29) is 0 Å². The average molecular weight is 257 g/mol. The molecule has 104 valence electrons. The number of rotatable bonds is 3. The van der Waals surface area contributed by atoms with Gasteiger partial charge >= 0.3 is 0 Å². The van der Waals surface area contributed by atoms with Crippen LogP contribution in [-0.2, 0) is 6.42 Å². The number of anilines is 1. The molecule has 1 aromatic carbocycles. The first-order valence-corrected chi connectivity index (χ1v) is 8.20. The summed E-state index contributed by atoms with van der Waals surface area (Å²) in [4.78, 5) is 0. The molecule has 2 aliphatic carbocycles. The zero-order chi connectivity index (χ0) is 13.1. The van der Waals surface area contributed by atoms with Crippen LogP contribution in [0.1, 0.15) is 57.4 Å². The van der Waals surface area contributed by atoms with Crippen molar-refractivity contribution in [2.45, 2.75) is 64.3 Å². The largest absolute Gasteiger partial charge is 0.382 e. The maximum absolute atomic E-state index is 3.77. The fourth-order valence-electron chi connectivity index (χ4n) is 4.08. The van der Waals surface area contributed by atoms with Crippen molar-refractivity contribution in [1.29, 1.82) is 0 Å². The Hall–Kier alpha value is -0.980. The lowest BCUT2D eigenvalue weighted by molar-refractivity contribution is 0.162. The standard InChI is InChI=1S/C18H27N/c1-2-14-7-10-17(11-8-14)19-18-12-9-15-5-3-4-6-16(15)13-18/h7-8,10-11,15-16,18-19H,2-6,9,12-13H2,1H3. The van der Waals surface area contributed by atoms with Crippen LogP contribution in [0, 0.1) is 11.8 Å². The molecule has 0 radical (unpaired) electrons. The topological polar surface area (TPSA) is 12.0 Å². The van der Waals surface area contributed by atoms with Gasteiger partial charge in [0.2, 0.25) is 0 Å². The third-order valence-corrected chi connectivity index (χ3v) is 5.27. The van der Waals surface area contributed by atoms with Gasteiger partial charge in [0.1, 0.15) is 0 Å². The van der Waals surface area contributed by atoms with E-state index in [0.29, 0.717) is 6.04 Å². The molecule has 0 aliphatic heterocycles. The molecule has 1 aromatic rings. The quantitative estimate of drug-likeness (QED) is 0.801. The Bertz CT molecular complexity index is 395. The number of nitrogens with one attached hydrogen (secondary N) is 1. The van der Waals surface area contributed by atoms with Gasteiger partial charge in [0.15, 0.2) is 0 Å². The van der Waals surface area contributed by atoms with Crippen LogP contribution in [0.3, 0.4) is 0 Å². The van der Waals surface area contributed by atoms with Crippen LogP contribution in [0.4, 0.5) is 5.69 Å². The fourth-order valence-corrected chi connectivity index (χ4v) is 4.08. The Kier molecular flexibility index (Phi) is 4.10. The Morgan fingerprint density at radius 3 is 2.42 bits per heavy atom. The molecule has 0 spiro atoms. The van der Waals surface area contributed by atoms with Gasteiger partial charge in [-0.25, -0.2) is 0 Å². The van der Waals surface area contributed by atoms with E-state index in [0.717, 1.165) is 18.3 Å². The molecule has 2 fully saturated rings. The molecule has 3 atom stereocenters. The molecule has 0 bridgehead atoms. The zero-order valence-electron chi connectivity index (χ0n) is 12.2. The first-order valence-electron chi connectivity index (χ1n) is 8.20. The molecule has 3 rings (SSSR count). The van der Waals surface area contributed by atoms with Gasteiger partial charge in [-0.2, -0.15) is 0 Å². The van der Waals surface area contributed by atoms with Gasteiger partial charge in [-0.15, -0.1) is 0 Å². The smallest absolute Gasteiger partial charge is 0.0342 e. The number of aryl methyl sites for hydroxylation is 1. The minimum absolute atomic E-state index is 0.715. The van der Waals surface area contributed by atoms with Gasteiger partial charge in [0.05, 0.1) is 0 Å². The highest BCUT2D eigenvalue weighted by Gasteiger charge is 2.31. The second-order valence-electron chi connectivity index (χ2n) is 6.51. The molecule has 19 heavy (non-hydrogen) atoms. The fraction of sp³-hybridized carbons (Fsp3) is 0.667. The van der Waals surface area contributed by atoms with Crippen LogP contribution in [-0.4, -0.2) is 6.04 Å². The van der Waals surface area contributed by atoms with E-state index in [2.05, 4.69) is 36.5 Å². The first-order chi connectivity index (χ1) is 9.35. The third-order valence-electron chi connectivity index (χ3n) is 5.27. The van der Waals surface area contributed by atoms with E-state index in [1.165, 1.54) is 56.2 Å². The molecule has 2 aliphatic rings. The van der Waals surface area contributed by atoms with Crippen LogP contribution in [0.25, 0.3) is 0 Å². The Labute approximate surface area is 117 Å². The lowest BCUT2D eigenvalue weighted by Crippen LogP contribution is -2.34. The SMILES string of the molecule is CCc1ccc(NC2CCC3CCCCC3C2)cc1. The summed E-state index contributed by atoms with van der Waals surface area (Å²) in [5.41, 5.74) is 2.75. The Morgan fingerprint density at radius 2 is 1.68 bits per heavy atom. The molecule has 1 heteroatoms. The summed E-state index contributed by atoms with van der Waals surface area (Å²) in [6.45, 7) is 2.22. The van der Waals surface area contributed by atoms with Crippen molar-refractivity contribution in [2.24, 2.45) is 11.8 Å². The lowest BCUT2D eigenvalue weighted by atomic mass is 9.69. The first kappa shape index (κ1) is 13.0. The van der Waals surface area contributed by atoms with Crippen molar-refractivity contribution in [3.05, 3.63) is 29.8 Å². The predicted molar refractivity (Wildman–Crippen MR) is 82.5 cm³/mol. The summed E-state index contributed by atoms with van der Waals surface area (Å²) in [7, 11) is 0. The molecule has 0 heterocycles. The molecule has 3 unspecified atom stereocenters. The van der Waals surface area contributed by atoms with Crippen LogP contribution in [0.15, 0.2) is 24.3 Å². The third kappa shape index (κ3) is 3.13. The van der Waals surface area contributed by atoms with E-state index in [1.54, 1.807) is 0 Å². The normalized spacial score (nSPS) is 30.7. The second-order valence-corrected chi connectivity index (χ2v) is 6.51. The minimum atomic E-state index is 0.715. The van der Waals surface area contributed by atoms with Crippen molar-refractivity contribution in [2.75, 3.05) is 5.32 Å². The molecule has 0 aromatic heterocycles. The maximum Gasteiger partial charge on any atom is 0.0342 e. The van der Waals surface area contributed by atoms with E-state index in [4.69, 9.17) is 0 Å². The molecular weight excluding hydrogens is 230 g/mol. The van der Waals surface area contributed by atoms with Crippen molar-refractivity contribution in [3.63, 3.8) is 0 Å². The maximum atomic E-state index is 3.77. The Morgan fingerprint density at radius 1 is 0.947 bits per heavy atom. The predicted octanol–water partition coefficient (Wildman–Crippen LogP) is 5.02. The molecule has 0 amide bonds. The van der Waals surface area contributed by atoms with Gasteiger partial charge in [-0.3, -0.25) is 0 Å². The van der Waals surface area contributed by atoms with Crippen molar-refractivity contribution in [1.82, 2.24) is 0 Å². The van der Waals surface area contributed by atoms with Crippen molar-refractivity contribution < 1.29 is 0 Å². The highest BCUT2D eigenvalue weighted by molar-refractivity contribution is 5.45. The number of benzene rings is 1. The van der Waals surface area contributed by atoms with Gasteiger partial charge in [0.25, 0.3) is 0 Å². The van der Waals surface area contributed by atoms with Gasteiger partial charge < -0.3 is 5.32 Å². The number of hydrogen-bond donors (Lipinski definition) is 1. The lowest BCUT2D eigenvalue weighted by Gasteiger charge is -2.39. The van der Waals surface area contributed by atoms with E-state index in [1.807, 2.05) is 0 Å². The van der Waals surface area contributed by atoms with Crippen LogP contribution in [0.2, 0.25) is 0 Å². The number of fused-ring (bicyclic) bond motifs is 1. The monoisotopic (exact) mass is 257 g/mol. The van der Waals surface area contributed by atoms with E-state index < -0.39 is 0 Å². The molecular formula is C18H27N. The van der Waals surface area contributed by atoms with Crippen LogP contribution < -0.4 is 5.32 Å². The van der Waals surface area contributed by atoms with E-state index >= 15 is 0 Å². The summed E-state index contributed by atoms with van der Waals surface area (Å²) >= 11 is 0. The molecule has 1 N–H and O–H groups in total. The minimum Gasteiger partial charge on any atom is -0.382 e. The van der Waals surface area contributed by atoms with Gasteiger partial charge in [-0.1, -0.05) is 44.7 Å². The summed E-state index contributed by atoms with van der Waals surface area (Å²) in [5.74, 6) is 2.06.